The first-order valence-electron chi connectivity index (χ1n) is 6.93. The quantitative estimate of drug-likeness (QED) is 0.790. The van der Waals surface area contributed by atoms with Gasteiger partial charge in [0.05, 0.1) is 6.61 Å². The maximum absolute atomic E-state index is 11.7. The molecule has 21 heavy (non-hydrogen) atoms. The van der Waals surface area contributed by atoms with Crippen LogP contribution < -0.4 is 10.6 Å². The largest absolute Gasteiger partial charge is 0.392 e. The number of aryl methyl sites for hydroxylation is 1. The first kappa shape index (κ1) is 15.1. The van der Waals surface area contributed by atoms with Crippen molar-refractivity contribution >= 4 is 6.03 Å². The number of benzene rings is 2. The second-order valence-electron chi connectivity index (χ2n) is 5.00. The Morgan fingerprint density at radius 1 is 0.952 bits per heavy atom. The second-order valence-corrected chi connectivity index (χ2v) is 5.00. The van der Waals surface area contributed by atoms with Crippen LogP contribution in [0.5, 0.6) is 0 Å². The van der Waals surface area contributed by atoms with Crippen LogP contribution in [-0.2, 0) is 19.7 Å². The third-order valence-electron chi connectivity index (χ3n) is 3.20. The molecule has 0 aromatic heterocycles. The lowest BCUT2D eigenvalue weighted by Gasteiger charge is -2.09. The van der Waals surface area contributed by atoms with Crippen LogP contribution in [0.3, 0.4) is 0 Å². The van der Waals surface area contributed by atoms with Gasteiger partial charge in [-0.3, -0.25) is 0 Å². The van der Waals surface area contributed by atoms with Crippen LogP contribution in [0.4, 0.5) is 4.79 Å². The van der Waals surface area contributed by atoms with Crippen LogP contribution in [0.1, 0.15) is 22.3 Å². The molecule has 0 saturated carbocycles. The number of hydrogen-bond acceptors (Lipinski definition) is 2. The van der Waals surface area contributed by atoms with Gasteiger partial charge in [-0.15, -0.1) is 0 Å². The molecular weight excluding hydrogens is 264 g/mol. The minimum atomic E-state index is -0.204. The van der Waals surface area contributed by atoms with Gasteiger partial charge >= 0.3 is 6.03 Å². The Labute approximate surface area is 124 Å². The highest BCUT2D eigenvalue weighted by atomic mass is 16.3. The third-order valence-corrected chi connectivity index (χ3v) is 3.20. The standard InChI is InChI=1S/C17H20N2O2/c1-13-5-7-14(8-6-13)10-18-17(21)19-11-15-3-2-4-16(9-15)12-20/h2-9,20H,10-12H2,1H3,(H2,18,19,21). The average Bonchev–Trinajstić information content (AvgIpc) is 2.52. The van der Waals surface area contributed by atoms with Crippen molar-refractivity contribution in [2.45, 2.75) is 26.6 Å². The zero-order valence-corrected chi connectivity index (χ0v) is 12.1. The average molecular weight is 284 g/mol. The zero-order chi connectivity index (χ0) is 15.1. The lowest BCUT2D eigenvalue weighted by Crippen LogP contribution is -2.34. The number of urea groups is 1. The van der Waals surface area contributed by atoms with E-state index >= 15 is 0 Å². The summed E-state index contributed by atoms with van der Waals surface area (Å²) in [5.41, 5.74) is 4.08. The monoisotopic (exact) mass is 284 g/mol. The summed E-state index contributed by atoms with van der Waals surface area (Å²) in [6, 6.07) is 15.4. The lowest BCUT2D eigenvalue weighted by molar-refractivity contribution is 0.240. The fourth-order valence-corrected chi connectivity index (χ4v) is 1.97. The van der Waals surface area contributed by atoms with Crippen LogP contribution >= 0.6 is 0 Å². The molecule has 0 aliphatic rings. The molecule has 0 bridgehead atoms. The van der Waals surface area contributed by atoms with Crippen LogP contribution in [0.2, 0.25) is 0 Å². The van der Waals surface area contributed by atoms with Crippen LogP contribution in [0, 0.1) is 6.92 Å². The van der Waals surface area contributed by atoms with Crippen LogP contribution in [-0.4, -0.2) is 11.1 Å². The highest BCUT2D eigenvalue weighted by Gasteiger charge is 2.01. The van der Waals surface area contributed by atoms with Crippen molar-refractivity contribution in [3.05, 3.63) is 70.8 Å². The molecule has 2 amide bonds. The Bertz CT molecular complexity index is 594. The van der Waals surface area contributed by atoms with Gasteiger partial charge in [-0.25, -0.2) is 4.79 Å². The van der Waals surface area contributed by atoms with Gasteiger partial charge in [-0.05, 0) is 23.6 Å². The molecule has 2 aromatic carbocycles. The van der Waals surface area contributed by atoms with E-state index in [1.165, 1.54) is 5.56 Å². The molecule has 0 radical (unpaired) electrons. The van der Waals surface area contributed by atoms with E-state index in [0.717, 1.165) is 16.7 Å². The zero-order valence-electron chi connectivity index (χ0n) is 12.1. The van der Waals surface area contributed by atoms with Crippen LogP contribution in [0.25, 0.3) is 0 Å². The summed E-state index contributed by atoms with van der Waals surface area (Å²) in [6.45, 7) is 2.98. The summed E-state index contributed by atoms with van der Waals surface area (Å²) in [4.78, 5) is 11.7. The highest BCUT2D eigenvalue weighted by Crippen LogP contribution is 2.05. The van der Waals surface area contributed by atoms with Crippen LogP contribution in [0.15, 0.2) is 48.5 Å². The van der Waals surface area contributed by atoms with Crippen molar-refractivity contribution in [2.75, 3.05) is 0 Å². The molecule has 2 rings (SSSR count). The number of nitrogens with one attached hydrogen (secondary N) is 2. The van der Waals surface area contributed by atoms with Gasteiger partial charge in [0.25, 0.3) is 0 Å². The van der Waals surface area contributed by atoms with E-state index < -0.39 is 0 Å². The number of aliphatic hydroxyl groups excluding tert-OH is 1. The minimum absolute atomic E-state index is 0.00740. The minimum Gasteiger partial charge on any atom is -0.392 e. The molecule has 0 aliphatic heterocycles. The van der Waals surface area contributed by atoms with E-state index in [2.05, 4.69) is 10.6 Å². The first-order valence-corrected chi connectivity index (χ1v) is 6.93. The van der Waals surface area contributed by atoms with E-state index in [-0.39, 0.29) is 12.6 Å². The number of aliphatic hydroxyl groups is 1. The van der Waals surface area contributed by atoms with Crippen molar-refractivity contribution < 1.29 is 9.90 Å². The number of carbonyl (C=O) groups is 1. The molecule has 4 nitrogen and oxygen atoms in total. The van der Waals surface area contributed by atoms with Crippen molar-refractivity contribution in [1.82, 2.24) is 10.6 Å². The number of rotatable bonds is 5. The summed E-state index contributed by atoms with van der Waals surface area (Å²) < 4.78 is 0. The van der Waals surface area contributed by atoms with E-state index in [1.54, 1.807) is 0 Å². The summed E-state index contributed by atoms with van der Waals surface area (Å²) in [5, 5.41) is 14.7. The van der Waals surface area contributed by atoms with Gasteiger partial charge < -0.3 is 15.7 Å². The smallest absolute Gasteiger partial charge is 0.315 e. The molecule has 4 heteroatoms. The lowest BCUT2D eigenvalue weighted by atomic mass is 10.1. The van der Waals surface area contributed by atoms with Crippen molar-refractivity contribution in [3.8, 4) is 0 Å². The maximum atomic E-state index is 11.7. The topological polar surface area (TPSA) is 61.4 Å². The first-order chi connectivity index (χ1) is 10.2. The van der Waals surface area contributed by atoms with E-state index in [9.17, 15) is 4.79 Å². The van der Waals surface area contributed by atoms with Gasteiger partial charge in [0.2, 0.25) is 0 Å². The second kappa shape index (κ2) is 7.45. The fraction of sp³-hybridized carbons (Fsp3) is 0.235. The molecule has 0 heterocycles. The molecule has 2 aromatic rings. The molecule has 0 aliphatic carbocycles. The summed E-state index contributed by atoms with van der Waals surface area (Å²) in [5.74, 6) is 0. The van der Waals surface area contributed by atoms with E-state index in [4.69, 9.17) is 5.11 Å². The Hall–Kier alpha value is -2.33. The van der Waals surface area contributed by atoms with E-state index in [0.29, 0.717) is 13.1 Å². The molecule has 0 saturated heterocycles. The van der Waals surface area contributed by atoms with Crippen molar-refractivity contribution in [2.24, 2.45) is 0 Å². The molecule has 0 unspecified atom stereocenters. The Balaban J connectivity index is 1.78. The Morgan fingerprint density at radius 3 is 2.24 bits per heavy atom. The molecule has 3 N–H and O–H groups in total. The molecular formula is C17H20N2O2. The molecule has 0 spiro atoms. The van der Waals surface area contributed by atoms with Crippen molar-refractivity contribution in [1.29, 1.82) is 0 Å². The highest BCUT2D eigenvalue weighted by molar-refractivity contribution is 5.73. The third kappa shape index (κ3) is 4.93. The van der Waals surface area contributed by atoms with Gasteiger partial charge in [0.1, 0.15) is 0 Å². The summed E-state index contributed by atoms with van der Waals surface area (Å²) in [6.07, 6.45) is 0. The van der Waals surface area contributed by atoms with Gasteiger partial charge in [0, 0.05) is 13.1 Å². The van der Waals surface area contributed by atoms with Crippen molar-refractivity contribution in [3.63, 3.8) is 0 Å². The van der Waals surface area contributed by atoms with Gasteiger partial charge in [-0.1, -0.05) is 54.1 Å². The predicted molar refractivity (Wildman–Crippen MR) is 82.6 cm³/mol. The SMILES string of the molecule is Cc1ccc(CNC(=O)NCc2cccc(CO)c2)cc1. The Morgan fingerprint density at radius 2 is 1.57 bits per heavy atom. The fourth-order valence-electron chi connectivity index (χ4n) is 1.97. The summed E-state index contributed by atoms with van der Waals surface area (Å²) >= 11 is 0. The number of carbonyl (C=O) groups excluding carboxylic acids is 1. The normalized spacial score (nSPS) is 10.2. The predicted octanol–water partition coefficient (Wildman–Crippen LogP) is 2.49. The number of amides is 2. The Kier molecular flexibility index (Phi) is 5.35. The summed E-state index contributed by atoms with van der Waals surface area (Å²) in [7, 11) is 0. The number of hydrogen-bond donors (Lipinski definition) is 3. The van der Waals surface area contributed by atoms with E-state index in [1.807, 2.05) is 55.5 Å². The molecule has 0 fully saturated rings. The molecule has 0 atom stereocenters. The molecule has 110 valence electrons. The van der Waals surface area contributed by atoms with Gasteiger partial charge in [0.15, 0.2) is 0 Å². The van der Waals surface area contributed by atoms with Gasteiger partial charge in [-0.2, -0.15) is 0 Å². The maximum Gasteiger partial charge on any atom is 0.315 e.